The van der Waals surface area contributed by atoms with Gasteiger partial charge in [-0.25, -0.2) is 0 Å². The van der Waals surface area contributed by atoms with E-state index < -0.39 is 34.4 Å². The number of benzene rings is 1. The van der Waals surface area contributed by atoms with Gasteiger partial charge in [0.15, 0.2) is 0 Å². The third-order valence-electron chi connectivity index (χ3n) is 1.43. The van der Waals surface area contributed by atoms with Crippen molar-refractivity contribution in [3.8, 4) is 5.75 Å². The Morgan fingerprint density at radius 1 is 0.895 bits per heavy atom. The molecule has 0 saturated carbocycles. The fourth-order valence-corrected chi connectivity index (χ4v) is 4.19. The van der Waals surface area contributed by atoms with E-state index >= 15 is 0 Å². The van der Waals surface area contributed by atoms with E-state index in [4.69, 9.17) is 16.2 Å². The van der Waals surface area contributed by atoms with E-state index in [1.54, 1.807) is 0 Å². The summed E-state index contributed by atoms with van der Waals surface area (Å²) in [7, 11) is -16.8. The van der Waals surface area contributed by atoms with Gasteiger partial charge in [0, 0.05) is 5.02 Å². The lowest BCUT2D eigenvalue weighted by atomic mass is 10.3. The van der Waals surface area contributed by atoms with Crippen molar-refractivity contribution in [3.05, 3.63) is 29.3 Å². The number of rotatable bonds is 5. The first kappa shape index (κ1) is 16.1. The van der Waals surface area contributed by atoms with Crippen LogP contribution < -0.4 is 4.18 Å². The zero-order valence-electron chi connectivity index (χ0n) is 8.63. The molecule has 0 atom stereocenters. The molecule has 1 aromatic carbocycles. The minimum Gasteiger partial charge on any atom is -0.370 e. The van der Waals surface area contributed by atoms with Crippen molar-refractivity contribution in [1.29, 1.82) is 0 Å². The van der Waals surface area contributed by atoms with Crippen LogP contribution in [0.25, 0.3) is 0 Å². The van der Waals surface area contributed by atoms with Gasteiger partial charge >= 0.3 is 28.7 Å². The minimum absolute atomic E-state index is 0.224. The fraction of sp³-hybridized carbons (Fsp3) is 0. The zero-order chi connectivity index (χ0) is 14.9. The second-order valence-corrected chi connectivity index (χ2v) is 8.93. The van der Waals surface area contributed by atoms with Crippen LogP contribution in [0.4, 0.5) is 0 Å². The standard InChI is InChI=1S/C6H5ClO9S3/c7-5-1-3-6(4-2-5)15-18(11,12)19(13,14)16-17(8,9)10/h1-4H,(H,8,9,10). The quantitative estimate of drug-likeness (QED) is 0.577. The molecular weight excluding hydrogens is 348 g/mol. The summed E-state index contributed by atoms with van der Waals surface area (Å²) in [5.41, 5.74) is 0. The van der Waals surface area contributed by atoms with Gasteiger partial charge in [-0.3, -0.25) is 4.55 Å². The fourth-order valence-electron chi connectivity index (χ4n) is 0.789. The summed E-state index contributed by atoms with van der Waals surface area (Å²) < 4.78 is 80.3. The maximum Gasteiger partial charge on any atom is 0.445 e. The molecular formula is C6H5ClO9S3. The topological polar surface area (TPSA) is 141 Å². The highest BCUT2D eigenvalue weighted by atomic mass is 35.5. The Hall–Kier alpha value is -0.920. The van der Waals surface area contributed by atoms with Gasteiger partial charge < -0.3 is 4.18 Å². The summed E-state index contributed by atoms with van der Waals surface area (Å²) in [4.78, 5) is 0. The zero-order valence-corrected chi connectivity index (χ0v) is 11.8. The molecule has 0 amide bonds. The molecule has 0 aromatic heterocycles. The van der Waals surface area contributed by atoms with Crippen LogP contribution in [0.2, 0.25) is 5.02 Å². The summed E-state index contributed by atoms with van der Waals surface area (Å²) in [6, 6.07) is 4.43. The predicted octanol–water partition coefficient (Wildman–Crippen LogP) is 0.113. The molecule has 0 aliphatic heterocycles. The van der Waals surface area contributed by atoms with Crippen LogP contribution in [0.5, 0.6) is 5.75 Å². The van der Waals surface area contributed by atoms with Crippen molar-refractivity contribution in [3.63, 3.8) is 0 Å². The molecule has 0 bridgehead atoms. The summed E-state index contributed by atoms with van der Waals surface area (Å²) >= 11 is 5.50. The highest BCUT2D eigenvalue weighted by Gasteiger charge is 2.38. The van der Waals surface area contributed by atoms with E-state index in [0.717, 1.165) is 12.1 Å². The first-order valence-electron chi connectivity index (χ1n) is 4.06. The lowest BCUT2D eigenvalue weighted by Gasteiger charge is -2.06. The summed E-state index contributed by atoms with van der Waals surface area (Å²) in [5.74, 6) is -0.452. The molecule has 0 spiro atoms. The molecule has 1 rings (SSSR count). The minimum atomic E-state index is -5.75. The monoisotopic (exact) mass is 352 g/mol. The Labute approximate surface area is 113 Å². The summed E-state index contributed by atoms with van der Waals surface area (Å²) in [6.45, 7) is 0. The highest BCUT2D eigenvalue weighted by molar-refractivity contribution is 8.64. The van der Waals surface area contributed by atoms with E-state index in [-0.39, 0.29) is 5.02 Å². The van der Waals surface area contributed by atoms with Crippen molar-refractivity contribution < 1.29 is 37.6 Å². The third-order valence-corrected chi connectivity index (χ3v) is 6.14. The van der Waals surface area contributed by atoms with Crippen LogP contribution in [0.15, 0.2) is 24.3 Å². The molecule has 108 valence electrons. The van der Waals surface area contributed by atoms with Crippen molar-refractivity contribution in [2.45, 2.75) is 0 Å². The molecule has 0 aliphatic carbocycles. The van der Waals surface area contributed by atoms with Crippen molar-refractivity contribution in [2.24, 2.45) is 0 Å². The normalized spacial score (nSPS) is 13.2. The van der Waals surface area contributed by atoms with Crippen LogP contribution in [-0.2, 0) is 32.3 Å². The molecule has 0 saturated heterocycles. The first-order chi connectivity index (χ1) is 8.43. The second-order valence-electron chi connectivity index (χ2n) is 2.85. The molecule has 0 unspecified atom stereocenters. The Kier molecular flexibility index (Phi) is 4.44. The van der Waals surface area contributed by atoms with Crippen LogP contribution in [0.1, 0.15) is 0 Å². The Morgan fingerprint density at radius 3 is 1.79 bits per heavy atom. The first-order valence-corrected chi connectivity index (χ1v) is 9.14. The summed E-state index contributed by atoms with van der Waals surface area (Å²) in [5, 5.41) is 0.224. The molecule has 1 N–H and O–H groups in total. The number of halogens is 1. The van der Waals surface area contributed by atoms with Crippen LogP contribution in [-0.4, -0.2) is 29.8 Å². The third kappa shape index (κ3) is 4.59. The van der Waals surface area contributed by atoms with E-state index in [9.17, 15) is 25.3 Å². The summed E-state index contributed by atoms with van der Waals surface area (Å²) in [6.07, 6.45) is 0. The molecule has 13 heteroatoms. The molecule has 1 aromatic rings. The average Bonchev–Trinajstić information content (AvgIpc) is 2.17. The van der Waals surface area contributed by atoms with Gasteiger partial charge in [-0.05, 0) is 24.3 Å². The van der Waals surface area contributed by atoms with E-state index in [1.165, 1.54) is 12.1 Å². The van der Waals surface area contributed by atoms with Gasteiger partial charge in [0.2, 0.25) is 0 Å². The van der Waals surface area contributed by atoms with Crippen molar-refractivity contribution in [2.75, 3.05) is 0 Å². The molecule has 9 nitrogen and oxygen atoms in total. The largest absolute Gasteiger partial charge is 0.445 e. The van der Waals surface area contributed by atoms with Crippen molar-refractivity contribution >= 4 is 40.3 Å². The highest BCUT2D eigenvalue weighted by Crippen LogP contribution is 2.20. The predicted molar refractivity (Wildman–Crippen MR) is 62.6 cm³/mol. The average molecular weight is 353 g/mol. The SMILES string of the molecule is O=S(=O)(O)OS(=O)(=O)S(=O)(=O)Oc1ccc(Cl)cc1. The van der Waals surface area contributed by atoms with Crippen LogP contribution in [0.3, 0.4) is 0 Å². The van der Waals surface area contributed by atoms with Gasteiger partial charge in [-0.2, -0.15) is 25.3 Å². The molecule has 19 heavy (non-hydrogen) atoms. The van der Waals surface area contributed by atoms with Gasteiger partial charge in [-0.15, -0.1) is 3.63 Å². The van der Waals surface area contributed by atoms with Crippen LogP contribution >= 0.6 is 11.6 Å². The van der Waals surface area contributed by atoms with Gasteiger partial charge in [0.05, 0.1) is 0 Å². The maximum atomic E-state index is 11.2. The Bertz CT molecular complexity index is 760. The molecule has 0 fully saturated rings. The maximum absolute atomic E-state index is 11.2. The van der Waals surface area contributed by atoms with E-state index in [1.807, 2.05) is 0 Å². The van der Waals surface area contributed by atoms with Crippen molar-refractivity contribution in [1.82, 2.24) is 0 Å². The van der Waals surface area contributed by atoms with Crippen LogP contribution in [0, 0.1) is 0 Å². The number of hydrogen-bond donors (Lipinski definition) is 1. The Balaban J connectivity index is 3.09. The van der Waals surface area contributed by atoms with E-state index in [2.05, 4.69) is 7.81 Å². The molecule has 0 aliphatic rings. The lowest BCUT2D eigenvalue weighted by molar-refractivity contribution is 0.384. The lowest BCUT2D eigenvalue weighted by Crippen LogP contribution is -2.25. The second kappa shape index (κ2) is 5.22. The Morgan fingerprint density at radius 2 is 1.37 bits per heavy atom. The molecule has 0 radical (unpaired) electrons. The van der Waals surface area contributed by atoms with Gasteiger partial charge in [0.1, 0.15) is 5.75 Å². The smallest absolute Gasteiger partial charge is 0.370 e. The van der Waals surface area contributed by atoms with E-state index in [0.29, 0.717) is 0 Å². The van der Waals surface area contributed by atoms with Gasteiger partial charge in [-0.1, -0.05) is 11.6 Å². The van der Waals surface area contributed by atoms with Gasteiger partial charge in [0.25, 0.3) is 0 Å². The number of hydrogen-bond acceptors (Lipinski definition) is 8. The molecule has 0 heterocycles.